The highest BCUT2D eigenvalue weighted by Crippen LogP contribution is 2.20. The summed E-state index contributed by atoms with van der Waals surface area (Å²) in [5.74, 6) is 0. The van der Waals surface area contributed by atoms with E-state index in [2.05, 4.69) is 51.4 Å². The SMILES string of the molecule is CC[C@@H]1CCCCN1CCCNC(=S)Nc1ccc(Br)c(C)c1. The molecule has 23 heavy (non-hydrogen) atoms. The molecule has 2 N–H and O–H groups in total. The molecule has 128 valence electrons. The van der Waals surface area contributed by atoms with E-state index in [0.29, 0.717) is 5.11 Å². The molecule has 0 unspecified atom stereocenters. The van der Waals surface area contributed by atoms with Gasteiger partial charge in [-0.05, 0) is 75.1 Å². The molecule has 0 spiro atoms. The highest BCUT2D eigenvalue weighted by Gasteiger charge is 2.19. The number of nitrogens with one attached hydrogen (secondary N) is 2. The van der Waals surface area contributed by atoms with Crippen molar-refractivity contribution in [1.82, 2.24) is 10.2 Å². The smallest absolute Gasteiger partial charge is 0.170 e. The summed E-state index contributed by atoms with van der Waals surface area (Å²) >= 11 is 8.89. The van der Waals surface area contributed by atoms with Crippen LogP contribution in [0.5, 0.6) is 0 Å². The molecular formula is C18H28BrN3S. The number of piperidine rings is 1. The van der Waals surface area contributed by atoms with Gasteiger partial charge in [0.25, 0.3) is 0 Å². The predicted octanol–water partition coefficient (Wildman–Crippen LogP) is 4.70. The van der Waals surface area contributed by atoms with Crippen LogP contribution in [-0.2, 0) is 0 Å². The predicted molar refractivity (Wildman–Crippen MR) is 107 cm³/mol. The molecule has 0 aliphatic carbocycles. The second kappa shape index (κ2) is 9.60. The Bertz CT molecular complexity index is 521. The van der Waals surface area contributed by atoms with Crippen LogP contribution >= 0.6 is 28.1 Å². The van der Waals surface area contributed by atoms with E-state index in [1.807, 2.05) is 12.1 Å². The summed E-state index contributed by atoms with van der Waals surface area (Å²) in [7, 11) is 0. The summed E-state index contributed by atoms with van der Waals surface area (Å²) < 4.78 is 1.12. The van der Waals surface area contributed by atoms with Crippen molar-refractivity contribution < 1.29 is 0 Å². The molecule has 1 atom stereocenters. The van der Waals surface area contributed by atoms with Crippen LogP contribution in [0, 0.1) is 6.92 Å². The minimum Gasteiger partial charge on any atom is -0.362 e. The number of hydrogen-bond donors (Lipinski definition) is 2. The van der Waals surface area contributed by atoms with Crippen molar-refractivity contribution in [2.45, 2.75) is 52.0 Å². The van der Waals surface area contributed by atoms with Crippen molar-refractivity contribution in [3.63, 3.8) is 0 Å². The van der Waals surface area contributed by atoms with E-state index in [0.717, 1.165) is 29.2 Å². The van der Waals surface area contributed by atoms with Crippen LogP contribution < -0.4 is 10.6 Å². The number of hydrogen-bond acceptors (Lipinski definition) is 2. The summed E-state index contributed by atoms with van der Waals surface area (Å²) in [4.78, 5) is 2.65. The van der Waals surface area contributed by atoms with Crippen molar-refractivity contribution in [1.29, 1.82) is 0 Å². The average molecular weight is 398 g/mol. The van der Waals surface area contributed by atoms with E-state index in [1.165, 1.54) is 44.3 Å². The maximum Gasteiger partial charge on any atom is 0.170 e. The average Bonchev–Trinajstić information content (AvgIpc) is 2.55. The van der Waals surface area contributed by atoms with Gasteiger partial charge in [0, 0.05) is 29.3 Å². The van der Waals surface area contributed by atoms with Crippen molar-refractivity contribution in [3.05, 3.63) is 28.2 Å². The molecule has 0 amide bonds. The molecule has 5 heteroatoms. The second-order valence-corrected chi connectivity index (χ2v) is 7.55. The van der Waals surface area contributed by atoms with Gasteiger partial charge >= 0.3 is 0 Å². The number of benzene rings is 1. The third-order valence-electron chi connectivity index (χ3n) is 4.54. The standard InChI is InChI=1S/C18H28BrN3S/c1-3-16-7-4-5-11-22(16)12-6-10-20-18(23)21-15-8-9-17(19)14(2)13-15/h8-9,13,16H,3-7,10-12H2,1-2H3,(H2,20,21,23)/t16-/m1/s1. The molecule has 3 nitrogen and oxygen atoms in total. The van der Waals surface area contributed by atoms with Crippen LogP contribution in [0.1, 0.15) is 44.6 Å². The molecule has 1 heterocycles. The summed E-state index contributed by atoms with van der Waals surface area (Å²) in [6.45, 7) is 7.74. The van der Waals surface area contributed by atoms with Gasteiger partial charge in [0.2, 0.25) is 0 Å². The van der Waals surface area contributed by atoms with Crippen LogP contribution in [0.2, 0.25) is 0 Å². The van der Waals surface area contributed by atoms with Gasteiger partial charge in [-0.1, -0.05) is 29.3 Å². The molecular weight excluding hydrogens is 370 g/mol. The molecule has 2 rings (SSSR count). The van der Waals surface area contributed by atoms with Crippen LogP contribution in [-0.4, -0.2) is 35.7 Å². The van der Waals surface area contributed by atoms with E-state index in [-0.39, 0.29) is 0 Å². The third kappa shape index (κ3) is 6.05. The molecule has 1 saturated heterocycles. The zero-order chi connectivity index (χ0) is 16.7. The maximum atomic E-state index is 5.38. The molecule has 0 aromatic heterocycles. The lowest BCUT2D eigenvalue weighted by atomic mass is 10.00. The first kappa shape index (κ1) is 18.7. The monoisotopic (exact) mass is 397 g/mol. The van der Waals surface area contributed by atoms with E-state index in [9.17, 15) is 0 Å². The number of anilines is 1. The molecule has 0 saturated carbocycles. The Morgan fingerprint density at radius 3 is 2.96 bits per heavy atom. The number of likely N-dealkylation sites (tertiary alicyclic amines) is 1. The first-order valence-electron chi connectivity index (χ1n) is 8.65. The Labute approximate surface area is 154 Å². The Kier molecular flexibility index (Phi) is 7.80. The summed E-state index contributed by atoms with van der Waals surface area (Å²) in [5, 5.41) is 7.28. The molecule has 0 bridgehead atoms. The Balaban J connectivity index is 1.67. The van der Waals surface area contributed by atoms with Gasteiger partial charge in [0.1, 0.15) is 0 Å². The third-order valence-corrected chi connectivity index (χ3v) is 5.68. The van der Waals surface area contributed by atoms with Crippen LogP contribution in [0.4, 0.5) is 5.69 Å². The molecule has 1 fully saturated rings. The highest BCUT2D eigenvalue weighted by molar-refractivity contribution is 9.10. The van der Waals surface area contributed by atoms with Crippen LogP contribution in [0.3, 0.4) is 0 Å². The lowest BCUT2D eigenvalue weighted by molar-refractivity contribution is 0.143. The number of nitrogens with zero attached hydrogens (tertiary/aromatic N) is 1. The van der Waals surface area contributed by atoms with Gasteiger partial charge in [0.05, 0.1) is 0 Å². The fourth-order valence-corrected chi connectivity index (χ4v) is 3.67. The lowest BCUT2D eigenvalue weighted by Crippen LogP contribution is -2.40. The molecule has 1 aromatic rings. The largest absolute Gasteiger partial charge is 0.362 e. The zero-order valence-electron chi connectivity index (χ0n) is 14.2. The fraction of sp³-hybridized carbons (Fsp3) is 0.611. The maximum absolute atomic E-state index is 5.38. The Morgan fingerprint density at radius 2 is 2.22 bits per heavy atom. The van der Waals surface area contributed by atoms with Gasteiger partial charge in [-0.3, -0.25) is 0 Å². The number of aryl methyl sites for hydroxylation is 1. The number of halogens is 1. The van der Waals surface area contributed by atoms with Gasteiger partial charge < -0.3 is 15.5 Å². The van der Waals surface area contributed by atoms with Crippen LogP contribution in [0.25, 0.3) is 0 Å². The van der Waals surface area contributed by atoms with Gasteiger partial charge in [-0.2, -0.15) is 0 Å². The first-order valence-corrected chi connectivity index (χ1v) is 9.85. The van der Waals surface area contributed by atoms with Crippen molar-refractivity contribution in [2.75, 3.05) is 25.0 Å². The van der Waals surface area contributed by atoms with E-state index in [4.69, 9.17) is 12.2 Å². The van der Waals surface area contributed by atoms with Crippen molar-refractivity contribution in [2.24, 2.45) is 0 Å². The Hall–Kier alpha value is -0.650. The van der Waals surface area contributed by atoms with Crippen LogP contribution in [0.15, 0.2) is 22.7 Å². The Morgan fingerprint density at radius 1 is 1.39 bits per heavy atom. The fourth-order valence-electron chi connectivity index (χ4n) is 3.20. The lowest BCUT2D eigenvalue weighted by Gasteiger charge is -2.35. The summed E-state index contributed by atoms with van der Waals surface area (Å²) in [5.41, 5.74) is 2.23. The van der Waals surface area contributed by atoms with Gasteiger partial charge in [0.15, 0.2) is 5.11 Å². The summed E-state index contributed by atoms with van der Waals surface area (Å²) in [6, 6.07) is 6.96. The normalized spacial score (nSPS) is 18.7. The van der Waals surface area contributed by atoms with Crippen molar-refractivity contribution >= 4 is 38.9 Å². The number of rotatable bonds is 6. The molecule has 1 aromatic carbocycles. The highest BCUT2D eigenvalue weighted by atomic mass is 79.9. The molecule has 1 aliphatic rings. The minimum atomic E-state index is 0.706. The minimum absolute atomic E-state index is 0.706. The van der Waals surface area contributed by atoms with E-state index >= 15 is 0 Å². The van der Waals surface area contributed by atoms with E-state index in [1.54, 1.807) is 0 Å². The zero-order valence-corrected chi connectivity index (χ0v) is 16.6. The second-order valence-electron chi connectivity index (χ2n) is 6.29. The molecule has 1 aliphatic heterocycles. The van der Waals surface area contributed by atoms with Crippen molar-refractivity contribution in [3.8, 4) is 0 Å². The molecule has 0 radical (unpaired) electrons. The van der Waals surface area contributed by atoms with E-state index < -0.39 is 0 Å². The quantitative estimate of drug-likeness (QED) is 0.537. The first-order chi connectivity index (χ1) is 11.1. The number of thiocarbonyl (C=S) groups is 1. The summed E-state index contributed by atoms with van der Waals surface area (Å²) in [6.07, 6.45) is 6.53. The van der Waals surface area contributed by atoms with Gasteiger partial charge in [-0.25, -0.2) is 0 Å². The van der Waals surface area contributed by atoms with Gasteiger partial charge in [-0.15, -0.1) is 0 Å². The topological polar surface area (TPSA) is 27.3 Å².